The van der Waals surface area contributed by atoms with Crippen molar-refractivity contribution in [2.24, 2.45) is 0 Å². The number of nitrogens with zero attached hydrogens (tertiary/aromatic N) is 2. The molecule has 0 saturated heterocycles. The van der Waals surface area contributed by atoms with Crippen LogP contribution in [0.15, 0.2) is 24.4 Å². The van der Waals surface area contributed by atoms with Gasteiger partial charge in [-0.3, -0.25) is 0 Å². The van der Waals surface area contributed by atoms with Crippen LogP contribution in [0.5, 0.6) is 11.6 Å². The molecule has 0 bridgehead atoms. The van der Waals surface area contributed by atoms with E-state index in [4.69, 9.17) is 22.1 Å². The van der Waals surface area contributed by atoms with E-state index >= 15 is 0 Å². The van der Waals surface area contributed by atoms with Gasteiger partial charge in [0.25, 0.3) is 5.88 Å². The number of aromatic nitrogens is 2. The third-order valence-electron chi connectivity index (χ3n) is 1.85. The standard InChI is InChI=1S/C10H6ClF2N3O/c11-5-2-1-3-7(8(5)13)17-9-6(12)4-15-10(14)16-9/h1-4H,(H2,14,15,16). The molecular formula is C10H6ClF2N3O. The van der Waals surface area contributed by atoms with Gasteiger partial charge in [0.15, 0.2) is 11.6 Å². The Morgan fingerprint density at radius 2 is 2.06 bits per heavy atom. The molecule has 0 saturated carbocycles. The predicted octanol–water partition coefficient (Wildman–Crippen LogP) is 2.78. The summed E-state index contributed by atoms with van der Waals surface area (Å²) in [7, 11) is 0. The Labute approximate surface area is 100 Å². The molecule has 4 nitrogen and oxygen atoms in total. The van der Waals surface area contributed by atoms with Crippen LogP contribution in [-0.4, -0.2) is 9.97 Å². The van der Waals surface area contributed by atoms with Gasteiger partial charge in [0.2, 0.25) is 11.8 Å². The van der Waals surface area contributed by atoms with Crippen molar-refractivity contribution < 1.29 is 13.5 Å². The highest BCUT2D eigenvalue weighted by Crippen LogP contribution is 2.28. The Morgan fingerprint density at radius 3 is 2.82 bits per heavy atom. The number of benzene rings is 1. The molecule has 1 aromatic heterocycles. The number of hydrogen-bond donors (Lipinski definition) is 1. The summed E-state index contributed by atoms with van der Waals surface area (Å²) in [5.74, 6) is -2.53. The lowest BCUT2D eigenvalue weighted by Gasteiger charge is -2.07. The summed E-state index contributed by atoms with van der Waals surface area (Å²) in [5, 5.41) is -0.134. The van der Waals surface area contributed by atoms with Gasteiger partial charge < -0.3 is 10.5 Å². The molecule has 0 radical (unpaired) electrons. The van der Waals surface area contributed by atoms with Crippen molar-refractivity contribution in [3.8, 4) is 11.6 Å². The van der Waals surface area contributed by atoms with E-state index in [-0.39, 0.29) is 16.7 Å². The minimum atomic E-state index is -0.849. The number of halogens is 3. The zero-order valence-corrected chi connectivity index (χ0v) is 9.08. The summed E-state index contributed by atoms with van der Waals surface area (Å²) >= 11 is 5.54. The topological polar surface area (TPSA) is 61.0 Å². The maximum atomic E-state index is 13.5. The van der Waals surface area contributed by atoms with Crippen molar-refractivity contribution >= 4 is 17.5 Å². The van der Waals surface area contributed by atoms with E-state index in [1.54, 1.807) is 0 Å². The highest BCUT2D eigenvalue weighted by molar-refractivity contribution is 6.30. The maximum Gasteiger partial charge on any atom is 0.260 e. The molecule has 0 unspecified atom stereocenters. The van der Waals surface area contributed by atoms with Gasteiger partial charge in [0.05, 0.1) is 11.2 Å². The zero-order chi connectivity index (χ0) is 12.4. The Bertz CT molecular complexity index is 565. The van der Waals surface area contributed by atoms with Crippen LogP contribution in [-0.2, 0) is 0 Å². The van der Waals surface area contributed by atoms with Crippen LogP contribution in [0.2, 0.25) is 5.02 Å². The lowest BCUT2D eigenvalue weighted by molar-refractivity contribution is 0.397. The van der Waals surface area contributed by atoms with Crippen LogP contribution in [0.25, 0.3) is 0 Å². The number of nitrogen functional groups attached to an aromatic ring is 1. The second-order valence-corrected chi connectivity index (χ2v) is 3.44. The maximum absolute atomic E-state index is 13.5. The first kappa shape index (κ1) is 11.5. The molecule has 0 spiro atoms. The number of nitrogens with two attached hydrogens (primary N) is 1. The molecule has 2 aromatic rings. The quantitative estimate of drug-likeness (QED) is 0.899. The minimum Gasteiger partial charge on any atom is -0.433 e. The first-order chi connectivity index (χ1) is 8.08. The van der Waals surface area contributed by atoms with E-state index in [2.05, 4.69) is 9.97 Å². The van der Waals surface area contributed by atoms with Gasteiger partial charge in [-0.25, -0.2) is 9.37 Å². The first-order valence-electron chi connectivity index (χ1n) is 4.48. The number of hydrogen-bond acceptors (Lipinski definition) is 4. The van der Waals surface area contributed by atoms with Crippen LogP contribution in [0.4, 0.5) is 14.7 Å². The van der Waals surface area contributed by atoms with Crippen LogP contribution >= 0.6 is 11.6 Å². The Hall–Kier alpha value is -1.95. The van der Waals surface area contributed by atoms with Gasteiger partial charge in [0, 0.05) is 0 Å². The summed E-state index contributed by atoms with van der Waals surface area (Å²) < 4.78 is 31.6. The fourth-order valence-corrected chi connectivity index (χ4v) is 1.27. The van der Waals surface area contributed by atoms with Crippen LogP contribution in [0, 0.1) is 11.6 Å². The van der Waals surface area contributed by atoms with E-state index in [9.17, 15) is 8.78 Å². The number of ether oxygens (including phenoxy) is 1. The van der Waals surface area contributed by atoms with Gasteiger partial charge in [-0.2, -0.15) is 9.37 Å². The lowest BCUT2D eigenvalue weighted by atomic mass is 10.3. The number of rotatable bonds is 2. The normalized spacial score (nSPS) is 10.3. The van der Waals surface area contributed by atoms with Crippen LogP contribution in [0.1, 0.15) is 0 Å². The van der Waals surface area contributed by atoms with Crippen molar-refractivity contribution in [2.75, 3.05) is 5.73 Å². The molecule has 2 N–H and O–H groups in total. The van der Waals surface area contributed by atoms with Crippen molar-refractivity contribution in [2.45, 2.75) is 0 Å². The van der Waals surface area contributed by atoms with Crippen molar-refractivity contribution in [3.63, 3.8) is 0 Å². The van der Waals surface area contributed by atoms with E-state index in [1.807, 2.05) is 0 Å². The van der Waals surface area contributed by atoms with E-state index < -0.39 is 17.5 Å². The monoisotopic (exact) mass is 257 g/mol. The van der Waals surface area contributed by atoms with E-state index in [0.29, 0.717) is 0 Å². The van der Waals surface area contributed by atoms with Gasteiger partial charge >= 0.3 is 0 Å². The average Bonchev–Trinajstić information content (AvgIpc) is 2.30. The third-order valence-corrected chi connectivity index (χ3v) is 2.15. The summed E-state index contributed by atoms with van der Waals surface area (Å²) in [6.07, 6.45) is 0.833. The highest BCUT2D eigenvalue weighted by atomic mass is 35.5. The number of anilines is 1. The second kappa shape index (κ2) is 4.50. The van der Waals surface area contributed by atoms with Gasteiger partial charge in [-0.05, 0) is 12.1 Å². The molecule has 7 heteroatoms. The zero-order valence-electron chi connectivity index (χ0n) is 8.32. The molecule has 0 amide bonds. The summed E-state index contributed by atoms with van der Waals surface area (Å²) in [6.45, 7) is 0. The SMILES string of the molecule is Nc1ncc(F)c(Oc2cccc(Cl)c2F)n1. The Kier molecular flexibility index (Phi) is 3.06. The fourth-order valence-electron chi connectivity index (χ4n) is 1.10. The molecule has 0 aliphatic rings. The molecule has 1 heterocycles. The Morgan fingerprint density at radius 1 is 1.29 bits per heavy atom. The predicted molar refractivity (Wildman–Crippen MR) is 57.9 cm³/mol. The molecule has 1 aromatic carbocycles. The molecule has 0 aliphatic heterocycles. The first-order valence-corrected chi connectivity index (χ1v) is 4.85. The van der Waals surface area contributed by atoms with Crippen LogP contribution < -0.4 is 10.5 Å². The molecule has 17 heavy (non-hydrogen) atoms. The Balaban J connectivity index is 2.38. The summed E-state index contributed by atoms with van der Waals surface area (Å²) in [4.78, 5) is 6.91. The smallest absolute Gasteiger partial charge is 0.260 e. The van der Waals surface area contributed by atoms with Crippen molar-refractivity contribution in [1.29, 1.82) is 0 Å². The molecule has 88 valence electrons. The fraction of sp³-hybridized carbons (Fsp3) is 0. The molecule has 2 rings (SSSR count). The molecule has 0 fully saturated rings. The summed E-state index contributed by atoms with van der Waals surface area (Å²) in [5.41, 5.74) is 5.26. The van der Waals surface area contributed by atoms with Crippen LogP contribution in [0.3, 0.4) is 0 Å². The van der Waals surface area contributed by atoms with E-state index in [0.717, 1.165) is 6.20 Å². The highest BCUT2D eigenvalue weighted by Gasteiger charge is 2.13. The molecule has 0 atom stereocenters. The van der Waals surface area contributed by atoms with E-state index in [1.165, 1.54) is 18.2 Å². The van der Waals surface area contributed by atoms with Crippen molar-refractivity contribution in [3.05, 3.63) is 41.1 Å². The van der Waals surface area contributed by atoms with Gasteiger partial charge in [-0.15, -0.1) is 0 Å². The lowest BCUT2D eigenvalue weighted by Crippen LogP contribution is -2.00. The second-order valence-electron chi connectivity index (χ2n) is 3.04. The van der Waals surface area contributed by atoms with Crippen molar-refractivity contribution in [1.82, 2.24) is 9.97 Å². The van der Waals surface area contributed by atoms with Gasteiger partial charge in [-0.1, -0.05) is 17.7 Å². The third kappa shape index (κ3) is 2.42. The largest absolute Gasteiger partial charge is 0.433 e. The van der Waals surface area contributed by atoms with Gasteiger partial charge in [0.1, 0.15) is 0 Å². The average molecular weight is 258 g/mol. The molecule has 0 aliphatic carbocycles. The molecular weight excluding hydrogens is 252 g/mol. The summed E-state index contributed by atoms with van der Waals surface area (Å²) in [6, 6.07) is 4.09. The minimum absolute atomic E-state index is 0.134.